The van der Waals surface area contributed by atoms with E-state index in [0.29, 0.717) is 12.5 Å². The average molecular weight is 451 g/mol. The van der Waals surface area contributed by atoms with Crippen molar-refractivity contribution in [3.63, 3.8) is 0 Å². The molecule has 1 unspecified atom stereocenters. The number of nitrogens with zero attached hydrogens (tertiary/aromatic N) is 2. The number of guanidine groups is 1. The van der Waals surface area contributed by atoms with Gasteiger partial charge in [-0.25, -0.2) is 0 Å². The fourth-order valence-corrected chi connectivity index (χ4v) is 3.03. The van der Waals surface area contributed by atoms with Crippen molar-refractivity contribution in [3.05, 3.63) is 34.9 Å². The zero-order valence-electron chi connectivity index (χ0n) is 13.8. The van der Waals surface area contributed by atoms with Crippen molar-refractivity contribution in [2.75, 3.05) is 26.2 Å². The number of benzene rings is 1. The molecule has 1 aromatic rings. The summed E-state index contributed by atoms with van der Waals surface area (Å²) in [6.45, 7) is 5.96. The maximum atomic E-state index is 6.15. The fraction of sp³-hybridized carbons (Fsp3) is 0.588. The molecule has 0 amide bonds. The van der Waals surface area contributed by atoms with E-state index in [0.717, 1.165) is 37.5 Å². The van der Waals surface area contributed by atoms with Crippen LogP contribution in [0.15, 0.2) is 29.3 Å². The number of unbranched alkanes of at least 4 members (excludes halogenated alkanes) is 1. The Bertz CT molecular complexity index is 489. The lowest BCUT2D eigenvalue weighted by Gasteiger charge is -2.26. The van der Waals surface area contributed by atoms with E-state index in [2.05, 4.69) is 28.2 Å². The van der Waals surface area contributed by atoms with Crippen LogP contribution in [0.1, 0.15) is 44.2 Å². The van der Waals surface area contributed by atoms with Gasteiger partial charge in [-0.1, -0.05) is 37.1 Å². The van der Waals surface area contributed by atoms with Crippen molar-refractivity contribution in [2.45, 2.75) is 38.6 Å². The SMILES string of the molecule is CCCCNC(N)=NCC(c1cccc(Cl)c1)N1CCCC1.I. The maximum absolute atomic E-state index is 6.15. The Balaban J connectivity index is 0.00000264. The fourth-order valence-electron chi connectivity index (χ4n) is 2.83. The van der Waals surface area contributed by atoms with Crippen molar-refractivity contribution < 1.29 is 0 Å². The molecule has 23 heavy (non-hydrogen) atoms. The van der Waals surface area contributed by atoms with E-state index in [9.17, 15) is 0 Å². The molecule has 1 fully saturated rings. The third-order valence-electron chi connectivity index (χ3n) is 4.09. The van der Waals surface area contributed by atoms with E-state index in [1.54, 1.807) is 0 Å². The lowest BCUT2D eigenvalue weighted by atomic mass is 10.1. The van der Waals surface area contributed by atoms with E-state index in [1.807, 2.05) is 18.2 Å². The molecule has 2 rings (SSSR count). The van der Waals surface area contributed by atoms with Gasteiger partial charge < -0.3 is 11.1 Å². The summed E-state index contributed by atoms with van der Waals surface area (Å²) in [7, 11) is 0. The topological polar surface area (TPSA) is 53.6 Å². The Morgan fingerprint density at radius 2 is 2.13 bits per heavy atom. The maximum Gasteiger partial charge on any atom is 0.188 e. The van der Waals surface area contributed by atoms with Crippen LogP contribution in [-0.2, 0) is 0 Å². The largest absolute Gasteiger partial charge is 0.370 e. The van der Waals surface area contributed by atoms with E-state index < -0.39 is 0 Å². The van der Waals surface area contributed by atoms with Gasteiger partial charge in [0.15, 0.2) is 5.96 Å². The summed E-state index contributed by atoms with van der Waals surface area (Å²) >= 11 is 6.15. The smallest absolute Gasteiger partial charge is 0.188 e. The molecule has 0 bridgehead atoms. The molecule has 1 aliphatic rings. The van der Waals surface area contributed by atoms with Crippen molar-refractivity contribution in [2.24, 2.45) is 10.7 Å². The second-order valence-corrected chi connectivity index (χ2v) is 6.26. The number of hydrogen-bond acceptors (Lipinski definition) is 2. The van der Waals surface area contributed by atoms with Crippen molar-refractivity contribution in [1.29, 1.82) is 0 Å². The first-order valence-electron chi connectivity index (χ1n) is 8.24. The van der Waals surface area contributed by atoms with Crippen LogP contribution < -0.4 is 11.1 Å². The third-order valence-corrected chi connectivity index (χ3v) is 4.32. The van der Waals surface area contributed by atoms with Gasteiger partial charge >= 0.3 is 0 Å². The number of halogens is 2. The van der Waals surface area contributed by atoms with Crippen LogP contribution in [0.3, 0.4) is 0 Å². The molecule has 1 saturated heterocycles. The monoisotopic (exact) mass is 450 g/mol. The average Bonchev–Trinajstić information content (AvgIpc) is 3.02. The number of aliphatic imine (C=N–C) groups is 1. The first kappa shape index (κ1) is 20.5. The molecule has 1 heterocycles. The zero-order valence-corrected chi connectivity index (χ0v) is 16.9. The van der Waals surface area contributed by atoms with Gasteiger partial charge in [-0.15, -0.1) is 24.0 Å². The highest BCUT2D eigenvalue weighted by atomic mass is 127. The highest BCUT2D eigenvalue weighted by Gasteiger charge is 2.23. The molecule has 0 aromatic heterocycles. The number of rotatable bonds is 7. The minimum absolute atomic E-state index is 0. The molecular formula is C17H28ClIN4. The number of nitrogens with one attached hydrogen (secondary N) is 1. The predicted molar refractivity (Wildman–Crippen MR) is 110 cm³/mol. The molecule has 3 N–H and O–H groups in total. The molecular weight excluding hydrogens is 423 g/mol. The molecule has 1 aliphatic heterocycles. The second-order valence-electron chi connectivity index (χ2n) is 5.82. The van der Waals surface area contributed by atoms with Gasteiger partial charge in [0.25, 0.3) is 0 Å². The summed E-state index contributed by atoms with van der Waals surface area (Å²) in [5, 5.41) is 3.95. The summed E-state index contributed by atoms with van der Waals surface area (Å²) in [6.07, 6.45) is 4.77. The lowest BCUT2D eigenvalue weighted by Crippen LogP contribution is -2.34. The van der Waals surface area contributed by atoms with Crippen LogP contribution in [0.4, 0.5) is 0 Å². The van der Waals surface area contributed by atoms with E-state index in [-0.39, 0.29) is 30.0 Å². The summed E-state index contributed by atoms with van der Waals surface area (Å²) in [5.74, 6) is 0.541. The minimum Gasteiger partial charge on any atom is -0.370 e. The highest BCUT2D eigenvalue weighted by molar-refractivity contribution is 14.0. The van der Waals surface area contributed by atoms with Crippen molar-refractivity contribution >= 4 is 41.5 Å². The van der Waals surface area contributed by atoms with Crippen LogP contribution >= 0.6 is 35.6 Å². The van der Waals surface area contributed by atoms with Crippen molar-refractivity contribution in [3.8, 4) is 0 Å². The summed E-state index contributed by atoms with van der Waals surface area (Å²) in [6, 6.07) is 8.35. The van der Waals surface area contributed by atoms with Crippen molar-refractivity contribution in [1.82, 2.24) is 10.2 Å². The molecule has 6 heteroatoms. The van der Waals surface area contributed by atoms with Gasteiger partial charge in [-0.3, -0.25) is 9.89 Å². The lowest BCUT2D eigenvalue weighted by molar-refractivity contribution is 0.251. The predicted octanol–water partition coefficient (Wildman–Crippen LogP) is 3.80. The Morgan fingerprint density at radius 1 is 1.39 bits per heavy atom. The molecule has 0 aliphatic carbocycles. The summed E-state index contributed by atoms with van der Waals surface area (Å²) in [4.78, 5) is 7.03. The van der Waals surface area contributed by atoms with Gasteiger partial charge in [-0.2, -0.15) is 0 Å². The van der Waals surface area contributed by atoms with Gasteiger partial charge in [0, 0.05) is 11.6 Å². The molecule has 0 saturated carbocycles. The zero-order chi connectivity index (χ0) is 15.8. The molecule has 1 atom stereocenters. The second kappa shape index (κ2) is 11.1. The van der Waals surface area contributed by atoms with E-state index >= 15 is 0 Å². The number of likely N-dealkylation sites (tertiary alicyclic amines) is 1. The number of hydrogen-bond donors (Lipinski definition) is 2. The quantitative estimate of drug-likeness (QED) is 0.287. The Kier molecular flexibility index (Phi) is 9.90. The Hall–Kier alpha value is -0.530. The van der Waals surface area contributed by atoms with Gasteiger partial charge in [-0.05, 0) is 50.0 Å². The Labute approximate surface area is 161 Å². The molecule has 0 spiro atoms. The van der Waals surface area contributed by atoms with Crippen LogP contribution in [-0.4, -0.2) is 37.0 Å². The van der Waals surface area contributed by atoms with Crippen LogP contribution in [0, 0.1) is 0 Å². The molecule has 4 nitrogen and oxygen atoms in total. The summed E-state index contributed by atoms with van der Waals surface area (Å²) < 4.78 is 0. The minimum atomic E-state index is 0. The van der Waals surface area contributed by atoms with Gasteiger partial charge in [0.05, 0.1) is 12.6 Å². The van der Waals surface area contributed by atoms with Gasteiger partial charge in [0.2, 0.25) is 0 Å². The first-order valence-corrected chi connectivity index (χ1v) is 8.62. The van der Waals surface area contributed by atoms with Crippen LogP contribution in [0.2, 0.25) is 5.02 Å². The van der Waals surface area contributed by atoms with E-state index in [4.69, 9.17) is 17.3 Å². The highest BCUT2D eigenvalue weighted by Crippen LogP contribution is 2.27. The van der Waals surface area contributed by atoms with Crippen LogP contribution in [0.5, 0.6) is 0 Å². The number of nitrogens with two attached hydrogens (primary N) is 1. The standard InChI is InChI=1S/C17H27ClN4.HI/c1-2-3-9-20-17(19)21-13-16(22-10-4-5-11-22)14-7-6-8-15(18)12-14;/h6-8,12,16H,2-5,9-11,13H2,1H3,(H3,19,20,21);1H. The first-order chi connectivity index (χ1) is 10.7. The molecule has 0 radical (unpaired) electrons. The third kappa shape index (κ3) is 6.85. The van der Waals surface area contributed by atoms with E-state index in [1.165, 1.54) is 18.4 Å². The Morgan fingerprint density at radius 3 is 2.78 bits per heavy atom. The van der Waals surface area contributed by atoms with Crippen LogP contribution in [0.25, 0.3) is 0 Å². The summed E-state index contributed by atoms with van der Waals surface area (Å²) in [5.41, 5.74) is 7.19. The normalized spacial score (nSPS) is 16.9. The van der Waals surface area contributed by atoms with Gasteiger partial charge in [0.1, 0.15) is 0 Å². The molecule has 130 valence electrons. The molecule has 1 aromatic carbocycles.